The zero-order chi connectivity index (χ0) is 17.8. The van der Waals surface area contributed by atoms with Gasteiger partial charge in [-0.25, -0.2) is 4.98 Å². The number of nitrogens with zero attached hydrogens (tertiary/aromatic N) is 3. The van der Waals surface area contributed by atoms with Crippen LogP contribution in [0.3, 0.4) is 0 Å². The number of anilines is 1. The van der Waals surface area contributed by atoms with E-state index in [2.05, 4.69) is 22.1 Å². The summed E-state index contributed by atoms with van der Waals surface area (Å²) >= 11 is 12.2. The molecule has 0 aliphatic carbocycles. The molecule has 1 unspecified atom stereocenters. The number of hydrogen-bond donors (Lipinski definition) is 1. The number of piperidine rings is 1. The number of carbonyl (C=O) groups excluding carboxylic acids is 1. The number of aromatic nitrogens is 1. The number of halogens is 4. The van der Waals surface area contributed by atoms with E-state index in [0.717, 1.165) is 45.1 Å². The molecule has 0 aromatic carbocycles. The van der Waals surface area contributed by atoms with Gasteiger partial charge in [0.15, 0.2) is 0 Å². The molecule has 1 aromatic rings. The highest BCUT2D eigenvalue weighted by Crippen LogP contribution is 2.28. The van der Waals surface area contributed by atoms with E-state index in [-0.39, 0.29) is 30.7 Å². The first-order valence-electron chi connectivity index (χ1n) is 9.09. The van der Waals surface area contributed by atoms with Crippen LogP contribution in [0.2, 0.25) is 10.0 Å². The molecule has 2 aliphatic rings. The van der Waals surface area contributed by atoms with Gasteiger partial charge in [0.05, 0.1) is 10.0 Å². The largest absolute Gasteiger partial charge is 0.352 e. The number of pyridine rings is 1. The monoisotopic (exact) mass is 456 g/mol. The second-order valence-electron chi connectivity index (χ2n) is 7.10. The molecule has 0 saturated carbocycles. The summed E-state index contributed by atoms with van der Waals surface area (Å²) in [6, 6.07) is 1.71. The minimum absolute atomic E-state index is 0. The summed E-state index contributed by atoms with van der Waals surface area (Å²) in [6.45, 7) is 7.33. The summed E-state index contributed by atoms with van der Waals surface area (Å²) in [4.78, 5) is 21.1. The van der Waals surface area contributed by atoms with Gasteiger partial charge in [0.2, 0.25) is 5.91 Å². The molecule has 1 N–H and O–H groups in total. The van der Waals surface area contributed by atoms with Gasteiger partial charge in [-0.2, -0.15) is 0 Å². The molecule has 5 nitrogen and oxygen atoms in total. The molecule has 1 aromatic heterocycles. The predicted octanol–water partition coefficient (Wildman–Crippen LogP) is 3.91. The Morgan fingerprint density at radius 3 is 2.44 bits per heavy atom. The Labute approximate surface area is 184 Å². The standard InChI is InChI=1S/C18H26Cl2N4O.2ClH/c1-13(14-2-4-21-5-3-14)10-17(25)23-6-8-24(9-7-23)18-16(20)11-15(19)12-22-18;;/h11-14,21H,2-10H2,1H3;2*1H. The fourth-order valence-corrected chi connectivity index (χ4v) is 4.29. The maximum atomic E-state index is 12.6. The van der Waals surface area contributed by atoms with Crippen molar-refractivity contribution < 1.29 is 4.79 Å². The third kappa shape index (κ3) is 6.53. The van der Waals surface area contributed by atoms with Crippen LogP contribution >= 0.6 is 48.0 Å². The highest BCUT2D eigenvalue weighted by molar-refractivity contribution is 6.36. The molecular formula is C18H28Cl4N4O. The fourth-order valence-electron chi connectivity index (χ4n) is 3.79. The molecule has 2 fully saturated rings. The van der Waals surface area contributed by atoms with E-state index >= 15 is 0 Å². The Morgan fingerprint density at radius 2 is 1.85 bits per heavy atom. The molecule has 9 heteroatoms. The minimum atomic E-state index is 0. The second kappa shape index (κ2) is 11.5. The van der Waals surface area contributed by atoms with E-state index < -0.39 is 0 Å². The highest BCUT2D eigenvalue weighted by atomic mass is 35.5. The summed E-state index contributed by atoms with van der Waals surface area (Å²) in [7, 11) is 0. The van der Waals surface area contributed by atoms with Crippen molar-refractivity contribution in [3.63, 3.8) is 0 Å². The van der Waals surface area contributed by atoms with Crippen LogP contribution in [0.1, 0.15) is 26.2 Å². The highest BCUT2D eigenvalue weighted by Gasteiger charge is 2.27. The van der Waals surface area contributed by atoms with Crippen molar-refractivity contribution in [1.82, 2.24) is 15.2 Å². The van der Waals surface area contributed by atoms with Crippen molar-refractivity contribution in [3.05, 3.63) is 22.3 Å². The van der Waals surface area contributed by atoms with E-state index in [1.54, 1.807) is 12.3 Å². The van der Waals surface area contributed by atoms with Crippen molar-refractivity contribution in [1.29, 1.82) is 0 Å². The maximum absolute atomic E-state index is 12.6. The van der Waals surface area contributed by atoms with E-state index in [0.29, 0.717) is 28.3 Å². The van der Waals surface area contributed by atoms with Crippen molar-refractivity contribution in [2.75, 3.05) is 44.2 Å². The summed E-state index contributed by atoms with van der Waals surface area (Å²) < 4.78 is 0. The molecule has 154 valence electrons. The first kappa shape index (κ1) is 24.6. The second-order valence-corrected chi connectivity index (χ2v) is 7.94. The number of carbonyl (C=O) groups is 1. The summed E-state index contributed by atoms with van der Waals surface area (Å²) in [5, 5.41) is 4.49. The normalized spacial score (nSPS) is 19.1. The van der Waals surface area contributed by atoms with Crippen molar-refractivity contribution in [2.24, 2.45) is 11.8 Å². The molecule has 0 bridgehead atoms. The van der Waals surface area contributed by atoms with Crippen LogP contribution in [0.5, 0.6) is 0 Å². The van der Waals surface area contributed by atoms with Crippen LogP contribution in [-0.4, -0.2) is 55.1 Å². The van der Waals surface area contributed by atoms with Crippen LogP contribution in [0.25, 0.3) is 0 Å². The number of piperazine rings is 1. The van der Waals surface area contributed by atoms with Crippen molar-refractivity contribution >= 4 is 59.7 Å². The van der Waals surface area contributed by atoms with Gasteiger partial charge in [0, 0.05) is 38.8 Å². The average molecular weight is 458 g/mol. The van der Waals surface area contributed by atoms with Gasteiger partial charge >= 0.3 is 0 Å². The van der Waals surface area contributed by atoms with Crippen molar-refractivity contribution in [2.45, 2.75) is 26.2 Å². The Hall–Kier alpha value is -0.460. The minimum Gasteiger partial charge on any atom is -0.352 e. The first-order chi connectivity index (χ1) is 12.0. The molecule has 27 heavy (non-hydrogen) atoms. The summed E-state index contributed by atoms with van der Waals surface area (Å²) in [6.07, 6.45) is 4.64. The maximum Gasteiger partial charge on any atom is 0.222 e. The molecule has 1 amide bonds. The van der Waals surface area contributed by atoms with Crippen LogP contribution in [0.15, 0.2) is 12.3 Å². The number of amides is 1. The number of rotatable bonds is 4. The Kier molecular flexibility index (Phi) is 10.5. The molecule has 3 rings (SSSR count). The third-order valence-corrected chi connectivity index (χ3v) is 5.89. The van der Waals surface area contributed by atoms with Crippen LogP contribution in [0.4, 0.5) is 5.82 Å². The molecule has 0 spiro atoms. The first-order valence-corrected chi connectivity index (χ1v) is 9.84. The lowest BCUT2D eigenvalue weighted by Crippen LogP contribution is -2.49. The van der Waals surface area contributed by atoms with Crippen molar-refractivity contribution in [3.8, 4) is 0 Å². The van der Waals surface area contributed by atoms with Gasteiger partial charge in [-0.15, -0.1) is 24.8 Å². The Balaban J connectivity index is 0.00000182. The Bertz CT molecular complexity index is 605. The van der Waals surface area contributed by atoms with Crippen LogP contribution < -0.4 is 10.2 Å². The number of nitrogens with one attached hydrogen (secondary N) is 1. The van der Waals surface area contributed by atoms with Gasteiger partial charge in [0.1, 0.15) is 5.82 Å². The van der Waals surface area contributed by atoms with Crippen LogP contribution in [0, 0.1) is 11.8 Å². The molecule has 1 atom stereocenters. The van der Waals surface area contributed by atoms with E-state index in [4.69, 9.17) is 23.2 Å². The fraction of sp³-hybridized carbons (Fsp3) is 0.667. The number of hydrogen-bond acceptors (Lipinski definition) is 4. The predicted molar refractivity (Wildman–Crippen MR) is 117 cm³/mol. The van der Waals surface area contributed by atoms with Crippen LogP contribution in [-0.2, 0) is 4.79 Å². The lowest BCUT2D eigenvalue weighted by Gasteiger charge is -2.37. The van der Waals surface area contributed by atoms with Gasteiger partial charge in [-0.05, 0) is 43.8 Å². The van der Waals surface area contributed by atoms with E-state index in [1.165, 1.54) is 12.8 Å². The van der Waals surface area contributed by atoms with E-state index in [9.17, 15) is 4.79 Å². The summed E-state index contributed by atoms with van der Waals surface area (Å²) in [5.74, 6) is 2.16. The smallest absolute Gasteiger partial charge is 0.222 e. The SMILES string of the molecule is CC(CC(=O)N1CCN(c2ncc(Cl)cc2Cl)CC1)C1CCNCC1.Cl.Cl. The molecule has 0 radical (unpaired) electrons. The van der Waals surface area contributed by atoms with Gasteiger partial charge in [-0.1, -0.05) is 30.1 Å². The van der Waals surface area contributed by atoms with Gasteiger partial charge < -0.3 is 15.1 Å². The summed E-state index contributed by atoms with van der Waals surface area (Å²) in [5.41, 5.74) is 0. The third-order valence-electron chi connectivity index (χ3n) is 5.41. The average Bonchev–Trinajstić information content (AvgIpc) is 2.62. The Morgan fingerprint density at radius 1 is 1.22 bits per heavy atom. The zero-order valence-corrected chi connectivity index (χ0v) is 18.6. The topological polar surface area (TPSA) is 48.5 Å². The molecule has 3 heterocycles. The molecule has 2 aliphatic heterocycles. The van der Waals surface area contributed by atoms with E-state index in [1.807, 2.05) is 4.90 Å². The lowest BCUT2D eigenvalue weighted by atomic mass is 9.84. The lowest BCUT2D eigenvalue weighted by molar-refractivity contribution is -0.132. The molecular weight excluding hydrogens is 430 g/mol. The zero-order valence-electron chi connectivity index (χ0n) is 15.5. The van der Waals surface area contributed by atoms with Gasteiger partial charge in [-0.3, -0.25) is 4.79 Å². The van der Waals surface area contributed by atoms with Gasteiger partial charge in [0.25, 0.3) is 0 Å². The quantitative estimate of drug-likeness (QED) is 0.744. The molecule has 2 saturated heterocycles.